The lowest BCUT2D eigenvalue weighted by atomic mass is 9.98. The number of nitrogens with zero attached hydrogens (tertiary/aromatic N) is 1. The highest BCUT2D eigenvalue weighted by molar-refractivity contribution is 6.36. The van der Waals surface area contributed by atoms with E-state index in [9.17, 15) is 4.39 Å². The second-order valence-corrected chi connectivity index (χ2v) is 5.34. The minimum Gasteiger partial charge on any atom is -0.373 e. The van der Waals surface area contributed by atoms with Crippen LogP contribution in [0.4, 0.5) is 10.2 Å². The van der Waals surface area contributed by atoms with Gasteiger partial charge in [-0.2, -0.15) is 0 Å². The minimum absolute atomic E-state index is 0.245. The summed E-state index contributed by atoms with van der Waals surface area (Å²) in [4.78, 5) is 4.28. The third-order valence-electron chi connectivity index (χ3n) is 3.55. The molecule has 0 aliphatic heterocycles. The van der Waals surface area contributed by atoms with Gasteiger partial charge in [-0.1, -0.05) is 23.7 Å². The van der Waals surface area contributed by atoms with Gasteiger partial charge in [0.05, 0.1) is 0 Å². The van der Waals surface area contributed by atoms with Crippen LogP contribution in [0.5, 0.6) is 0 Å². The topological polar surface area (TPSA) is 24.9 Å². The number of hydrogen-bond donors (Lipinski definition) is 1. The van der Waals surface area contributed by atoms with Gasteiger partial charge < -0.3 is 5.32 Å². The summed E-state index contributed by atoms with van der Waals surface area (Å²) >= 11 is 6.37. The van der Waals surface area contributed by atoms with Crippen molar-refractivity contribution >= 4 is 28.2 Å². The SMILES string of the molecule is CNc1cc2c(Cl)cc(-c3c(C)cccc3F)cc2cn1. The van der Waals surface area contributed by atoms with Gasteiger partial charge in [0.25, 0.3) is 0 Å². The molecule has 3 aromatic rings. The van der Waals surface area contributed by atoms with Crippen LogP contribution in [0.2, 0.25) is 5.02 Å². The smallest absolute Gasteiger partial charge is 0.131 e. The zero-order valence-electron chi connectivity index (χ0n) is 11.7. The largest absolute Gasteiger partial charge is 0.373 e. The van der Waals surface area contributed by atoms with Gasteiger partial charge in [0.1, 0.15) is 11.6 Å². The number of nitrogens with one attached hydrogen (secondary N) is 1. The molecule has 0 saturated carbocycles. The van der Waals surface area contributed by atoms with Crippen molar-refractivity contribution < 1.29 is 4.39 Å². The first-order valence-electron chi connectivity index (χ1n) is 6.62. The molecule has 1 N–H and O–H groups in total. The molecule has 2 nitrogen and oxygen atoms in total. The van der Waals surface area contributed by atoms with E-state index >= 15 is 0 Å². The summed E-state index contributed by atoms with van der Waals surface area (Å²) in [6.45, 7) is 1.89. The number of hydrogen-bond acceptors (Lipinski definition) is 2. The zero-order valence-corrected chi connectivity index (χ0v) is 12.5. The van der Waals surface area contributed by atoms with Crippen molar-refractivity contribution in [1.29, 1.82) is 0 Å². The van der Waals surface area contributed by atoms with Crippen molar-refractivity contribution in [2.45, 2.75) is 6.92 Å². The number of pyridine rings is 1. The maximum atomic E-state index is 14.1. The Kier molecular flexibility index (Phi) is 3.52. The molecular formula is C17H14ClFN2. The molecule has 0 radical (unpaired) electrons. The van der Waals surface area contributed by atoms with E-state index < -0.39 is 0 Å². The fraction of sp³-hybridized carbons (Fsp3) is 0.118. The summed E-state index contributed by atoms with van der Waals surface area (Å²) < 4.78 is 14.1. The minimum atomic E-state index is -0.245. The molecule has 0 aliphatic rings. The van der Waals surface area contributed by atoms with Crippen LogP contribution in [0.3, 0.4) is 0 Å². The molecule has 0 saturated heterocycles. The van der Waals surface area contributed by atoms with Crippen molar-refractivity contribution in [3.63, 3.8) is 0 Å². The molecule has 0 amide bonds. The molecule has 0 fully saturated rings. The standard InChI is InChI=1S/C17H14ClFN2/c1-10-4-3-5-15(19)17(10)11-6-12-9-21-16(20-2)8-13(12)14(18)7-11/h3-9H,1-2H3,(H,20,21). The third-order valence-corrected chi connectivity index (χ3v) is 3.86. The van der Waals surface area contributed by atoms with Crippen LogP contribution < -0.4 is 5.32 Å². The molecule has 1 aromatic heterocycles. The average Bonchev–Trinajstić information content (AvgIpc) is 2.47. The first-order chi connectivity index (χ1) is 10.1. The van der Waals surface area contributed by atoms with Gasteiger partial charge in [-0.3, -0.25) is 0 Å². The highest BCUT2D eigenvalue weighted by atomic mass is 35.5. The summed E-state index contributed by atoms with van der Waals surface area (Å²) in [5.74, 6) is 0.504. The van der Waals surface area contributed by atoms with E-state index in [-0.39, 0.29) is 5.82 Å². The van der Waals surface area contributed by atoms with Crippen molar-refractivity contribution in [1.82, 2.24) is 4.98 Å². The van der Waals surface area contributed by atoms with Crippen LogP contribution in [0.25, 0.3) is 21.9 Å². The first-order valence-corrected chi connectivity index (χ1v) is 7.00. The van der Waals surface area contributed by atoms with Gasteiger partial charge in [0, 0.05) is 34.6 Å². The van der Waals surface area contributed by atoms with Gasteiger partial charge >= 0.3 is 0 Å². The van der Waals surface area contributed by atoms with E-state index in [0.717, 1.165) is 27.7 Å². The van der Waals surface area contributed by atoms with E-state index in [1.54, 1.807) is 25.4 Å². The Labute approximate surface area is 127 Å². The molecule has 0 bridgehead atoms. The second-order valence-electron chi connectivity index (χ2n) is 4.93. The Balaban J connectivity index is 2.26. The number of aryl methyl sites for hydroxylation is 1. The molecule has 0 spiro atoms. The van der Waals surface area contributed by atoms with Crippen LogP contribution in [-0.2, 0) is 0 Å². The van der Waals surface area contributed by atoms with E-state index in [0.29, 0.717) is 10.6 Å². The molecule has 1 heterocycles. The second kappa shape index (κ2) is 5.34. The monoisotopic (exact) mass is 300 g/mol. The predicted octanol–water partition coefficient (Wildman–Crippen LogP) is 5.04. The highest BCUT2D eigenvalue weighted by Gasteiger charge is 2.11. The van der Waals surface area contributed by atoms with Crippen LogP contribution in [0.15, 0.2) is 42.6 Å². The van der Waals surface area contributed by atoms with Crippen molar-refractivity contribution in [3.8, 4) is 11.1 Å². The summed E-state index contributed by atoms with van der Waals surface area (Å²) in [7, 11) is 1.80. The van der Waals surface area contributed by atoms with Gasteiger partial charge in [0.15, 0.2) is 0 Å². The lowest BCUT2D eigenvalue weighted by Crippen LogP contribution is -1.93. The molecule has 0 aliphatic carbocycles. The number of anilines is 1. The number of rotatable bonds is 2. The Bertz CT molecular complexity index is 810. The average molecular weight is 301 g/mol. The van der Waals surface area contributed by atoms with E-state index in [1.165, 1.54) is 6.07 Å². The van der Waals surface area contributed by atoms with Gasteiger partial charge in [-0.25, -0.2) is 9.37 Å². The lowest BCUT2D eigenvalue weighted by molar-refractivity contribution is 0.630. The maximum absolute atomic E-state index is 14.1. The Morgan fingerprint density at radius 3 is 2.71 bits per heavy atom. The lowest BCUT2D eigenvalue weighted by Gasteiger charge is -2.11. The molecule has 0 atom stereocenters. The first kappa shape index (κ1) is 13.8. The van der Waals surface area contributed by atoms with Gasteiger partial charge in [-0.15, -0.1) is 0 Å². The van der Waals surface area contributed by atoms with Crippen molar-refractivity contribution in [2.24, 2.45) is 0 Å². The Morgan fingerprint density at radius 1 is 1.19 bits per heavy atom. The molecule has 0 unspecified atom stereocenters. The normalized spacial score (nSPS) is 10.9. The van der Waals surface area contributed by atoms with Crippen molar-refractivity contribution in [2.75, 3.05) is 12.4 Å². The van der Waals surface area contributed by atoms with E-state index in [4.69, 9.17) is 11.6 Å². The van der Waals surface area contributed by atoms with Gasteiger partial charge in [-0.05, 0) is 42.3 Å². The molecule has 2 aromatic carbocycles. The zero-order chi connectivity index (χ0) is 15.0. The molecule has 4 heteroatoms. The van der Waals surface area contributed by atoms with Crippen molar-refractivity contribution in [3.05, 3.63) is 59.0 Å². The fourth-order valence-corrected chi connectivity index (χ4v) is 2.77. The van der Waals surface area contributed by atoms with Crippen LogP contribution in [-0.4, -0.2) is 12.0 Å². The molecule has 21 heavy (non-hydrogen) atoms. The Morgan fingerprint density at radius 2 is 2.00 bits per heavy atom. The van der Waals surface area contributed by atoms with Crippen LogP contribution in [0.1, 0.15) is 5.56 Å². The number of aromatic nitrogens is 1. The summed E-state index contributed by atoms with van der Waals surface area (Å²) in [5, 5.41) is 5.35. The molecule has 106 valence electrons. The Hall–Kier alpha value is -2.13. The number of halogens is 2. The van der Waals surface area contributed by atoms with Crippen LogP contribution >= 0.6 is 11.6 Å². The highest BCUT2D eigenvalue weighted by Crippen LogP contribution is 2.34. The van der Waals surface area contributed by atoms with Crippen LogP contribution in [0, 0.1) is 12.7 Å². The quantitative estimate of drug-likeness (QED) is 0.717. The summed E-state index contributed by atoms with van der Waals surface area (Å²) in [6, 6.07) is 10.7. The molecule has 3 rings (SSSR count). The predicted molar refractivity (Wildman–Crippen MR) is 86.4 cm³/mol. The third kappa shape index (κ3) is 2.45. The number of benzene rings is 2. The van der Waals surface area contributed by atoms with E-state index in [2.05, 4.69) is 10.3 Å². The number of fused-ring (bicyclic) bond motifs is 1. The summed E-state index contributed by atoms with van der Waals surface area (Å²) in [5.41, 5.74) is 2.23. The maximum Gasteiger partial charge on any atom is 0.131 e. The van der Waals surface area contributed by atoms with Gasteiger partial charge in [0.2, 0.25) is 0 Å². The summed E-state index contributed by atoms with van der Waals surface area (Å²) in [6.07, 6.45) is 1.74. The fourth-order valence-electron chi connectivity index (χ4n) is 2.49. The molecular weight excluding hydrogens is 287 g/mol. The van der Waals surface area contributed by atoms with E-state index in [1.807, 2.05) is 25.1 Å².